The predicted octanol–water partition coefficient (Wildman–Crippen LogP) is 0.462. The second-order valence-electron chi connectivity index (χ2n) is 3.15. The van der Waals surface area contributed by atoms with E-state index in [2.05, 4.69) is 9.89 Å². The van der Waals surface area contributed by atoms with Gasteiger partial charge in [-0.05, 0) is 0 Å². The van der Waals surface area contributed by atoms with E-state index in [0.29, 0.717) is 6.04 Å². The quantitative estimate of drug-likeness (QED) is 0.626. The van der Waals surface area contributed by atoms with Gasteiger partial charge in [0, 0.05) is 25.4 Å². The molecule has 12 heavy (non-hydrogen) atoms. The average Bonchev–Trinajstić information content (AvgIpc) is 2.59. The van der Waals surface area contributed by atoms with E-state index in [1.807, 2.05) is 17.3 Å². The molecule has 1 fully saturated rings. The largest absolute Gasteiger partial charge is 0.379 e. The third-order valence-electron chi connectivity index (χ3n) is 2.21. The minimum atomic E-state index is 0.535. The molecular weight excluding hydrogens is 172 g/mol. The van der Waals surface area contributed by atoms with Crippen LogP contribution in [0.25, 0.3) is 0 Å². The van der Waals surface area contributed by atoms with E-state index in [1.165, 1.54) is 0 Å². The molecule has 2 aliphatic heterocycles. The van der Waals surface area contributed by atoms with Crippen molar-refractivity contribution in [1.82, 2.24) is 4.90 Å². The van der Waals surface area contributed by atoms with Crippen LogP contribution in [0.3, 0.4) is 0 Å². The number of thioether (sulfide) groups is 1. The van der Waals surface area contributed by atoms with E-state index in [9.17, 15) is 0 Å². The summed E-state index contributed by atoms with van der Waals surface area (Å²) in [5.41, 5.74) is 1.98. The van der Waals surface area contributed by atoms with Crippen LogP contribution in [0, 0.1) is 0 Å². The van der Waals surface area contributed by atoms with E-state index in [0.717, 1.165) is 38.6 Å². The molecule has 0 saturated carbocycles. The van der Waals surface area contributed by atoms with Crippen molar-refractivity contribution in [2.45, 2.75) is 6.04 Å². The van der Waals surface area contributed by atoms with Crippen LogP contribution >= 0.6 is 11.8 Å². The van der Waals surface area contributed by atoms with Gasteiger partial charge in [0.25, 0.3) is 0 Å². The van der Waals surface area contributed by atoms with Gasteiger partial charge in [0.05, 0.1) is 24.8 Å². The molecule has 0 unspecified atom stereocenters. The molecule has 0 amide bonds. The van der Waals surface area contributed by atoms with Crippen LogP contribution in [-0.2, 0) is 4.74 Å². The van der Waals surface area contributed by atoms with Crippen molar-refractivity contribution in [3.8, 4) is 0 Å². The fraction of sp³-hybridized carbons (Fsp3) is 0.875. The third kappa shape index (κ3) is 2.21. The Balaban J connectivity index is 1.73. The second-order valence-corrected chi connectivity index (χ2v) is 4.03. The van der Waals surface area contributed by atoms with Gasteiger partial charge in [0.1, 0.15) is 0 Å². The summed E-state index contributed by atoms with van der Waals surface area (Å²) in [6, 6.07) is 0.535. The number of nitrogens with zero attached hydrogens (tertiary/aromatic N) is 2. The van der Waals surface area contributed by atoms with Crippen molar-refractivity contribution in [3.63, 3.8) is 0 Å². The van der Waals surface area contributed by atoms with Crippen LogP contribution in [0.1, 0.15) is 0 Å². The van der Waals surface area contributed by atoms with Gasteiger partial charge in [-0.15, -0.1) is 11.8 Å². The van der Waals surface area contributed by atoms with E-state index in [1.54, 1.807) is 0 Å². The van der Waals surface area contributed by atoms with E-state index >= 15 is 0 Å². The smallest absolute Gasteiger partial charge is 0.0726 e. The summed E-state index contributed by atoms with van der Waals surface area (Å²) in [4.78, 5) is 6.83. The fourth-order valence-corrected chi connectivity index (χ4v) is 2.27. The molecule has 1 saturated heterocycles. The molecule has 2 heterocycles. The van der Waals surface area contributed by atoms with E-state index < -0.39 is 0 Å². The Hall–Kier alpha value is -0.0600. The maximum Gasteiger partial charge on any atom is 0.0726 e. The molecule has 0 aliphatic carbocycles. The Kier molecular flexibility index (Phi) is 3.03. The number of ether oxygens (including phenoxy) is 1. The monoisotopic (exact) mass is 186 g/mol. The number of hydrogen-bond acceptors (Lipinski definition) is 4. The molecular formula is C8H14N2OS. The first kappa shape index (κ1) is 8.53. The fourth-order valence-electron chi connectivity index (χ4n) is 1.51. The molecule has 1 atom stereocenters. The predicted molar refractivity (Wildman–Crippen MR) is 52.0 cm³/mol. The lowest BCUT2D eigenvalue weighted by molar-refractivity contribution is 0.0364. The lowest BCUT2D eigenvalue weighted by atomic mass is 10.3. The average molecular weight is 186 g/mol. The summed E-state index contributed by atoms with van der Waals surface area (Å²) in [5, 5.41) is 0. The van der Waals surface area contributed by atoms with Crippen LogP contribution in [0.4, 0.5) is 0 Å². The van der Waals surface area contributed by atoms with Crippen LogP contribution in [0.15, 0.2) is 4.99 Å². The highest BCUT2D eigenvalue weighted by Crippen LogP contribution is 2.12. The van der Waals surface area contributed by atoms with Crippen LogP contribution < -0.4 is 0 Å². The van der Waals surface area contributed by atoms with Crippen molar-refractivity contribution in [2.24, 2.45) is 4.99 Å². The zero-order chi connectivity index (χ0) is 8.23. The molecule has 0 aromatic rings. The minimum Gasteiger partial charge on any atom is -0.379 e. The lowest BCUT2D eigenvalue weighted by Gasteiger charge is -2.27. The summed E-state index contributed by atoms with van der Waals surface area (Å²) in [7, 11) is 0. The van der Waals surface area contributed by atoms with Crippen molar-refractivity contribution in [2.75, 3.05) is 38.6 Å². The van der Waals surface area contributed by atoms with Gasteiger partial charge in [0.2, 0.25) is 0 Å². The molecule has 0 spiro atoms. The van der Waals surface area contributed by atoms with Gasteiger partial charge >= 0.3 is 0 Å². The maximum absolute atomic E-state index is 5.28. The van der Waals surface area contributed by atoms with Gasteiger partial charge in [-0.25, -0.2) is 0 Å². The lowest BCUT2D eigenvalue weighted by Crippen LogP contribution is -2.40. The first-order valence-corrected chi connectivity index (χ1v) is 5.43. The zero-order valence-electron chi connectivity index (χ0n) is 7.11. The molecule has 2 rings (SSSR count). The van der Waals surface area contributed by atoms with Gasteiger partial charge in [-0.1, -0.05) is 0 Å². The van der Waals surface area contributed by atoms with Gasteiger partial charge in [-0.3, -0.25) is 9.89 Å². The standard InChI is InChI=1S/C8H14N2OS/c1-3-11-4-2-10(1)5-8-6-12-7-9-8/h7-8H,1-6H2/t8-/m1/s1. The summed E-state index contributed by atoms with van der Waals surface area (Å²) < 4.78 is 5.28. The zero-order valence-corrected chi connectivity index (χ0v) is 7.92. The summed E-state index contributed by atoms with van der Waals surface area (Å²) in [6.45, 7) is 5.06. The van der Waals surface area contributed by atoms with Crippen molar-refractivity contribution in [1.29, 1.82) is 0 Å². The van der Waals surface area contributed by atoms with Crippen LogP contribution in [0.5, 0.6) is 0 Å². The van der Waals surface area contributed by atoms with Gasteiger partial charge < -0.3 is 4.74 Å². The summed E-state index contributed by atoms with van der Waals surface area (Å²) in [6.07, 6.45) is 0. The molecule has 2 aliphatic rings. The normalized spacial score (nSPS) is 31.2. The SMILES string of the molecule is C1=N[C@H](CN2CCOCC2)CS1. The Morgan fingerprint density at radius 1 is 1.50 bits per heavy atom. The highest BCUT2D eigenvalue weighted by Gasteiger charge is 2.17. The summed E-state index contributed by atoms with van der Waals surface area (Å²) in [5.74, 6) is 1.16. The molecule has 4 heteroatoms. The van der Waals surface area contributed by atoms with Crippen molar-refractivity contribution < 1.29 is 4.74 Å². The Morgan fingerprint density at radius 2 is 2.33 bits per heavy atom. The highest BCUT2D eigenvalue weighted by molar-refractivity contribution is 8.12. The Bertz CT molecular complexity index is 168. The topological polar surface area (TPSA) is 24.8 Å². The second kappa shape index (κ2) is 4.25. The molecule has 3 nitrogen and oxygen atoms in total. The molecule has 0 aromatic carbocycles. The molecule has 0 N–H and O–H groups in total. The van der Waals surface area contributed by atoms with E-state index in [4.69, 9.17) is 4.74 Å². The third-order valence-corrected chi connectivity index (χ3v) is 3.06. The maximum atomic E-state index is 5.28. The van der Waals surface area contributed by atoms with Crippen LogP contribution in [0.2, 0.25) is 0 Å². The number of aliphatic imine (C=N–C) groups is 1. The van der Waals surface area contributed by atoms with Crippen LogP contribution in [-0.4, -0.2) is 55.1 Å². The van der Waals surface area contributed by atoms with Gasteiger partial charge in [0.15, 0.2) is 0 Å². The Labute approximate surface area is 77.2 Å². The molecule has 0 bridgehead atoms. The minimum absolute atomic E-state index is 0.535. The number of morpholine rings is 1. The first-order valence-electron chi connectivity index (χ1n) is 4.38. The molecule has 0 radical (unpaired) electrons. The first-order chi connectivity index (χ1) is 5.95. The highest BCUT2D eigenvalue weighted by atomic mass is 32.2. The number of hydrogen-bond donors (Lipinski definition) is 0. The Morgan fingerprint density at radius 3 is 3.00 bits per heavy atom. The van der Waals surface area contributed by atoms with Crippen molar-refractivity contribution in [3.05, 3.63) is 0 Å². The number of rotatable bonds is 2. The van der Waals surface area contributed by atoms with Crippen molar-refractivity contribution >= 4 is 17.3 Å². The molecule has 0 aromatic heterocycles. The van der Waals surface area contributed by atoms with E-state index in [-0.39, 0.29) is 0 Å². The summed E-state index contributed by atoms with van der Waals surface area (Å²) >= 11 is 1.82. The molecule has 68 valence electrons. The van der Waals surface area contributed by atoms with Gasteiger partial charge in [-0.2, -0.15) is 0 Å².